The molecular weight excluding hydrogens is 270 g/mol. The second-order valence-corrected chi connectivity index (χ2v) is 6.57. The Kier molecular flexibility index (Phi) is 4.17. The monoisotopic (exact) mass is 291 g/mol. The molecule has 0 radical (unpaired) electrons. The van der Waals surface area contributed by atoms with Gasteiger partial charge in [0.1, 0.15) is 0 Å². The highest BCUT2D eigenvalue weighted by molar-refractivity contribution is 7.15. The number of fused-ring (bicyclic) bond motifs is 1. The Balaban J connectivity index is 1.76. The van der Waals surface area contributed by atoms with Crippen LogP contribution in [0.25, 0.3) is 4.96 Å². The Labute approximate surface area is 123 Å². The second-order valence-electron chi connectivity index (χ2n) is 5.70. The van der Waals surface area contributed by atoms with Gasteiger partial charge in [0.05, 0.1) is 5.69 Å². The predicted octanol–water partition coefficient (Wildman–Crippen LogP) is 2.91. The average Bonchev–Trinajstić information content (AvgIpc) is 2.73. The van der Waals surface area contributed by atoms with Gasteiger partial charge in [0.15, 0.2) is 4.96 Å². The van der Waals surface area contributed by atoms with E-state index in [0.717, 1.165) is 17.2 Å². The normalized spacial score (nSPS) is 17.7. The SMILES string of the molecule is CN(Cc1cc(=O)n2ccsc2n1)C1CCCCCC1. The zero-order valence-corrected chi connectivity index (χ0v) is 12.7. The lowest BCUT2D eigenvalue weighted by Gasteiger charge is -2.26. The van der Waals surface area contributed by atoms with E-state index in [1.807, 2.05) is 5.38 Å². The standard InChI is InChI=1S/C15H21N3OS/c1-17(13-6-4-2-3-5-7-13)11-12-10-14(19)18-8-9-20-15(18)16-12/h8-10,13H,2-7,11H2,1H3. The van der Waals surface area contributed by atoms with Crippen molar-refractivity contribution in [2.75, 3.05) is 7.05 Å². The maximum atomic E-state index is 12.0. The third kappa shape index (κ3) is 2.94. The first-order valence-corrected chi connectivity index (χ1v) is 8.28. The van der Waals surface area contributed by atoms with Crippen LogP contribution in [0.3, 0.4) is 0 Å². The number of nitrogens with zero attached hydrogens (tertiary/aromatic N) is 3. The number of rotatable bonds is 3. The van der Waals surface area contributed by atoms with E-state index in [1.54, 1.807) is 16.7 Å². The maximum Gasteiger partial charge on any atom is 0.258 e. The van der Waals surface area contributed by atoms with Crippen LogP contribution in [0.1, 0.15) is 44.2 Å². The Hall–Kier alpha value is -1.20. The van der Waals surface area contributed by atoms with E-state index in [0.29, 0.717) is 6.04 Å². The van der Waals surface area contributed by atoms with E-state index in [9.17, 15) is 4.79 Å². The zero-order valence-electron chi connectivity index (χ0n) is 11.9. The lowest BCUT2D eigenvalue weighted by atomic mass is 10.1. The van der Waals surface area contributed by atoms with Crippen molar-refractivity contribution >= 4 is 16.3 Å². The molecule has 0 aromatic carbocycles. The summed E-state index contributed by atoms with van der Waals surface area (Å²) in [6, 6.07) is 2.31. The van der Waals surface area contributed by atoms with Crippen LogP contribution in [-0.4, -0.2) is 27.4 Å². The van der Waals surface area contributed by atoms with Crippen molar-refractivity contribution < 1.29 is 0 Å². The molecule has 5 heteroatoms. The molecule has 0 unspecified atom stereocenters. The molecular formula is C15H21N3OS. The molecule has 20 heavy (non-hydrogen) atoms. The molecule has 0 amide bonds. The summed E-state index contributed by atoms with van der Waals surface area (Å²) in [5, 5.41) is 1.91. The van der Waals surface area contributed by atoms with E-state index in [1.165, 1.54) is 49.9 Å². The van der Waals surface area contributed by atoms with Crippen molar-refractivity contribution in [1.82, 2.24) is 14.3 Å². The lowest BCUT2D eigenvalue weighted by molar-refractivity contribution is 0.211. The summed E-state index contributed by atoms with van der Waals surface area (Å²) in [5.41, 5.74) is 0.921. The van der Waals surface area contributed by atoms with Crippen molar-refractivity contribution in [2.45, 2.75) is 51.1 Å². The lowest BCUT2D eigenvalue weighted by Crippen LogP contribution is -2.31. The third-order valence-electron chi connectivity index (χ3n) is 4.22. The highest BCUT2D eigenvalue weighted by Crippen LogP contribution is 2.22. The molecule has 0 spiro atoms. The van der Waals surface area contributed by atoms with Crippen molar-refractivity contribution in [3.05, 3.63) is 33.7 Å². The molecule has 1 fully saturated rings. The van der Waals surface area contributed by atoms with E-state index in [2.05, 4.69) is 16.9 Å². The van der Waals surface area contributed by atoms with Crippen LogP contribution in [0.5, 0.6) is 0 Å². The molecule has 4 nitrogen and oxygen atoms in total. The summed E-state index contributed by atoms with van der Waals surface area (Å²) in [7, 11) is 2.16. The number of aromatic nitrogens is 2. The molecule has 0 saturated heterocycles. The topological polar surface area (TPSA) is 37.6 Å². The molecule has 2 heterocycles. The minimum absolute atomic E-state index is 0.0283. The van der Waals surface area contributed by atoms with Gasteiger partial charge in [-0.3, -0.25) is 14.1 Å². The van der Waals surface area contributed by atoms with Crippen molar-refractivity contribution in [1.29, 1.82) is 0 Å². The predicted molar refractivity (Wildman–Crippen MR) is 82.3 cm³/mol. The summed E-state index contributed by atoms with van der Waals surface area (Å²) < 4.78 is 1.61. The van der Waals surface area contributed by atoms with Crippen LogP contribution in [0, 0.1) is 0 Å². The molecule has 1 aliphatic carbocycles. The zero-order chi connectivity index (χ0) is 13.9. The Morgan fingerprint density at radius 2 is 2.10 bits per heavy atom. The highest BCUT2D eigenvalue weighted by atomic mass is 32.1. The maximum absolute atomic E-state index is 12.0. The molecule has 2 aromatic heterocycles. The van der Waals surface area contributed by atoms with Gasteiger partial charge in [-0.05, 0) is 19.9 Å². The fourth-order valence-electron chi connectivity index (χ4n) is 3.05. The summed E-state index contributed by atoms with van der Waals surface area (Å²) in [4.78, 5) is 19.7. The quantitative estimate of drug-likeness (QED) is 0.816. The van der Waals surface area contributed by atoms with Gasteiger partial charge in [0.25, 0.3) is 5.56 Å². The van der Waals surface area contributed by atoms with Gasteiger partial charge in [0, 0.05) is 30.2 Å². The van der Waals surface area contributed by atoms with Crippen LogP contribution < -0.4 is 5.56 Å². The number of hydrogen-bond donors (Lipinski definition) is 0. The summed E-state index contributed by atoms with van der Waals surface area (Å²) in [5.74, 6) is 0. The Morgan fingerprint density at radius 3 is 2.85 bits per heavy atom. The van der Waals surface area contributed by atoms with Gasteiger partial charge in [-0.1, -0.05) is 25.7 Å². The van der Waals surface area contributed by atoms with Gasteiger partial charge in [-0.25, -0.2) is 4.98 Å². The van der Waals surface area contributed by atoms with E-state index < -0.39 is 0 Å². The first kappa shape index (κ1) is 13.8. The average molecular weight is 291 g/mol. The van der Waals surface area contributed by atoms with E-state index in [-0.39, 0.29) is 5.56 Å². The largest absolute Gasteiger partial charge is 0.298 e. The van der Waals surface area contributed by atoms with Gasteiger partial charge in [-0.2, -0.15) is 0 Å². The van der Waals surface area contributed by atoms with Crippen LogP contribution in [0.2, 0.25) is 0 Å². The van der Waals surface area contributed by atoms with Gasteiger partial charge in [0.2, 0.25) is 0 Å². The second kappa shape index (κ2) is 6.06. The van der Waals surface area contributed by atoms with Crippen molar-refractivity contribution in [2.24, 2.45) is 0 Å². The molecule has 108 valence electrons. The summed E-state index contributed by atoms with van der Waals surface area (Å²) >= 11 is 1.51. The number of hydrogen-bond acceptors (Lipinski definition) is 4. The third-order valence-corrected chi connectivity index (χ3v) is 4.97. The first-order chi connectivity index (χ1) is 9.74. The van der Waals surface area contributed by atoms with Crippen LogP contribution >= 0.6 is 11.3 Å². The van der Waals surface area contributed by atoms with E-state index in [4.69, 9.17) is 0 Å². The molecule has 0 aliphatic heterocycles. The molecule has 0 bridgehead atoms. The van der Waals surface area contributed by atoms with Crippen LogP contribution in [-0.2, 0) is 6.54 Å². The molecule has 0 N–H and O–H groups in total. The molecule has 1 saturated carbocycles. The van der Waals surface area contributed by atoms with Gasteiger partial charge >= 0.3 is 0 Å². The fraction of sp³-hybridized carbons (Fsp3) is 0.600. The fourth-order valence-corrected chi connectivity index (χ4v) is 3.79. The smallest absolute Gasteiger partial charge is 0.258 e. The molecule has 1 aliphatic rings. The van der Waals surface area contributed by atoms with Crippen molar-refractivity contribution in [3.63, 3.8) is 0 Å². The molecule has 0 atom stereocenters. The first-order valence-electron chi connectivity index (χ1n) is 7.40. The van der Waals surface area contributed by atoms with Gasteiger partial charge < -0.3 is 0 Å². The minimum Gasteiger partial charge on any atom is -0.298 e. The van der Waals surface area contributed by atoms with Crippen molar-refractivity contribution in [3.8, 4) is 0 Å². The van der Waals surface area contributed by atoms with Crippen LogP contribution in [0.4, 0.5) is 0 Å². The summed E-state index contributed by atoms with van der Waals surface area (Å²) in [6.07, 6.45) is 9.72. The van der Waals surface area contributed by atoms with Gasteiger partial charge in [-0.15, -0.1) is 11.3 Å². The molecule has 3 rings (SSSR count). The molecule has 2 aromatic rings. The highest BCUT2D eigenvalue weighted by Gasteiger charge is 2.17. The number of thiazole rings is 1. The van der Waals surface area contributed by atoms with E-state index >= 15 is 0 Å². The Bertz CT molecular complexity index is 625. The minimum atomic E-state index is 0.0283. The van der Waals surface area contributed by atoms with Crippen LogP contribution in [0.15, 0.2) is 22.4 Å². The Morgan fingerprint density at radius 1 is 1.35 bits per heavy atom. The summed E-state index contributed by atoms with van der Waals surface area (Å²) in [6.45, 7) is 0.772.